The molecule has 3 aromatic rings. The van der Waals surface area contributed by atoms with Crippen LogP contribution in [-0.2, 0) is 9.59 Å². The fraction of sp³-hybridized carbons (Fsp3) is 0.111. The molecule has 2 amide bonds. The SMILES string of the molecule is O=C1CC(Nc2ccc3cc[nH]c3c2)C(=O)N1c1ccc(Cl)c(Cl)c1. The van der Waals surface area contributed by atoms with Crippen LogP contribution in [0.1, 0.15) is 6.42 Å². The lowest BCUT2D eigenvalue weighted by atomic mass is 10.2. The molecule has 0 bridgehead atoms. The summed E-state index contributed by atoms with van der Waals surface area (Å²) in [6, 6.07) is 11.8. The van der Waals surface area contributed by atoms with Gasteiger partial charge >= 0.3 is 0 Å². The number of benzene rings is 2. The van der Waals surface area contributed by atoms with E-state index in [-0.39, 0.29) is 18.2 Å². The van der Waals surface area contributed by atoms with E-state index in [1.165, 1.54) is 6.07 Å². The van der Waals surface area contributed by atoms with Crippen molar-refractivity contribution in [3.63, 3.8) is 0 Å². The molecule has 4 rings (SSSR count). The van der Waals surface area contributed by atoms with E-state index < -0.39 is 6.04 Å². The van der Waals surface area contributed by atoms with Gasteiger partial charge in [-0.3, -0.25) is 9.59 Å². The maximum Gasteiger partial charge on any atom is 0.256 e. The second-order valence-corrected chi connectivity index (χ2v) is 6.66. The first kappa shape index (κ1) is 16.0. The molecule has 7 heteroatoms. The second kappa shape index (κ2) is 6.10. The molecular formula is C18H13Cl2N3O2. The molecule has 0 radical (unpaired) electrons. The van der Waals surface area contributed by atoms with Gasteiger partial charge in [0, 0.05) is 17.4 Å². The average Bonchev–Trinajstić information content (AvgIpc) is 3.15. The van der Waals surface area contributed by atoms with Gasteiger partial charge in [0.05, 0.1) is 22.2 Å². The Balaban J connectivity index is 1.58. The van der Waals surface area contributed by atoms with Crippen LogP contribution >= 0.6 is 23.2 Å². The molecule has 1 atom stereocenters. The molecule has 2 aromatic carbocycles. The summed E-state index contributed by atoms with van der Waals surface area (Å²) in [7, 11) is 0. The van der Waals surface area contributed by atoms with E-state index in [2.05, 4.69) is 10.3 Å². The van der Waals surface area contributed by atoms with Crippen molar-refractivity contribution in [3.8, 4) is 0 Å². The van der Waals surface area contributed by atoms with Crippen LogP contribution in [0.5, 0.6) is 0 Å². The number of hydrogen-bond donors (Lipinski definition) is 2. The Morgan fingerprint density at radius 3 is 2.68 bits per heavy atom. The molecular weight excluding hydrogens is 361 g/mol. The van der Waals surface area contributed by atoms with Gasteiger partial charge in [-0.2, -0.15) is 0 Å². The Labute approximate surface area is 153 Å². The van der Waals surface area contributed by atoms with E-state index in [1.807, 2.05) is 30.5 Å². The Hall–Kier alpha value is -2.50. The van der Waals surface area contributed by atoms with E-state index in [9.17, 15) is 9.59 Å². The summed E-state index contributed by atoms with van der Waals surface area (Å²) < 4.78 is 0. The molecule has 1 aliphatic rings. The number of H-pyrrole nitrogens is 1. The molecule has 0 aliphatic carbocycles. The number of rotatable bonds is 3. The highest BCUT2D eigenvalue weighted by molar-refractivity contribution is 6.42. The van der Waals surface area contributed by atoms with Crippen LogP contribution in [0.25, 0.3) is 10.9 Å². The molecule has 25 heavy (non-hydrogen) atoms. The molecule has 0 spiro atoms. The number of carbonyl (C=O) groups is 2. The number of carbonyl (C=O) groups excluding carboxylic acids is 2. The van der Waals surface area contributed by atoms with E-state index in [1.54, 1.807) is 12.1 Å². The number of halogens is 2. The van der Waals surface area contributed by atoms with Crippen molar-refractivity contribution in [2.75, 3.05) is 10.2 Å². The summed E-state index contributed by atoms with van der Waals surface area (Å²) in [6.07, 6.45) is 1.94. The first-order valence-corrected chi connectivity index (χ1v) is 8.44. The van der Waals surface area contributed by atoms with Gasteiger partial charge in [0.1, 0.15) is 6.04 Å². The van der Waals surface area contributed by atoms with Crippen LogP contribution < -0.4 is 10.2 Å². The maximum atomic E-state index is 12.7. The van der Waals surface area contributed by atoms with Crippen molar-refractivity contribution in [1.29, 1.82) is 0 Å². The van der Waals surface area contributed by atoms with Crippen molar-refractivity contribution in [3.05, 3.63) is 58.7 Å². The van der Waals surface area contributed by atoms with Crippen LogP contribution in [-0.4, -0.2) is 22.8 Å². The van der Waals surface area contributed by atoms with Crippen molar-refractivity contribution >= 4 is 57.3 Å². The fourth-order valence-corrected chi connectivity index (χ4v) is 3.27. The predicted octanol–water partition coefficient (Wildman–Crippen LogP) is 4.22. The Kier molecular flexibility index (Phi) is 3.90. The quantitative estimate of drug-likeness (QED) is 0.675. The van der Waals surface area contributed by atoms with Gasteiger partial charge in [-0.25, -0.2) is 4.90 Å². The standard InChI is InChI=1S/C18H13Cl2N3O2/c19-13-4-3-12(8-14(13)20)23-17(24)9-16(18(23)25)22-11-2-1-10-5-6-21-15(10)7-11/h1-8,16,21-22H,9H2. The maximum absolute atomic E-state index is 12.7. The van der Waals surface area contributed by atoms with Gasteiger partial charge < -0.3 is 10.3 Å². The molecule has 1 aliphatic heterocycles. The summed E-state index contributed by atoms with van der Waals surface area (Å²) in [5, 5.41) is 4.89. The number of hydrogen-bond acceptors (Lipinski definition) is 3. The lowest BCUT2D eigenvalue weighted by Crippen LogP contribution is -2.34. The Bertz CT molecular complexity index is 999. The highest BCUT2D eigenvalue weighted by Gasteiger charge is 2.39. The number of aromatic nitrogens is 1. The number of amides is 2. The number of aromatic amines is 1. The summed E-state index contributed by atoms with van der Waals surface area (Å²) in [4.78, 5) is 29.3. The molecule has 2 N–H and O–H groups in total. The number of imide groups is 1. The number of nitrogens with one attached hydrogen (secondary N) is 2. The first-order valence-electron chi connectivity index (χ1n) is 7.68. The predicted molar refractivity (Wildman–Crippen MR) is 99.3 cm³/mol. The summed E-state index contributed by atoms with van der Waals surface area (Å²) in [5.41, 5.74) is 2.16. The molecule has 1 fully saturated rings. The number of fused-ring (bicyclic) bond motifs is 1. The van der Waals surface area contributed by atoms with Gasteiger partial charge in [-0.05, 0) is 41.8 Å². The van der Waals surface area contributed by atoms with Gasteiger partial charge in [0.15, 0.2) is 0 Å². The molecule has 5 nitrogen and oxygen atoms in total. The topological polar surface area (TPSA) is 65.2 Å². The minimum atomic E-state index is -0.616. The van der Waals surface area contributed by atoms with Gasteiger partial charge in [0.2, 0.25) is 5.91 Å². The van der Waals surface area contributed by atoms with Crippen molar-refractivity contribution in [2.24, 2.45) is 0 Å². The fourth-order valence-electron chi connectivity index (χ4n) is 2.98. The molecule has 2 heterocycles. The van der Waals surface area contributed by atoms with E-state index in [0.717, 1.165) is 21.5 Å². The normalized spacial score (nSPS) is 17.5. The zero-order chi connectivity index (χ0) is 17.6. The third-order valence-corrected chi connectivity index (χ3v) is 4.94. The van der Waals surface area contributed by atoms with Crippen molar-refractivity contribution in [1.82, 2.24) is 4.98 Å². The zero-order valence-electron chi connectivity index (χ0n) is 12.9. The summed E-state index contributed by atoms with van der Waals surface area (Å²) >= 11 is 11.9. The molecule has 0 saturated carbocycles. The van der Waals surface area contributed by atoms with Crippen molar-refractivity contribution in [2.45, 2.75) is 12.5 Å². The Morgan fingerprint density at radius 2 is 1.88 bits per heavy atom. The summed E-state index contributed by atoms with van der Waals surface area (Å²) in [6.45, 7) is 0. The highest BCUT2D eigenvalue weighted by Crippen LogP contribution is 2.31. The summed E-state index contributed by atoms with van der Waals surface area (Å²) in [5.74, 6) is -0.586. The third kappa shape index (κ3) is 2.86. The van der Waals surface area contributed by atoms with Crippen LogP contribution in [0.2, 0.25) is 10.0 Å². The second-order valence-electron chi connectivity index (χ2n) is 5.85. The van der Waals surface area contributed by atoms with Gasteiger partial charge in [-0.15, -0.1) is 0 Å². The number of anilines is 2. The molecule has 126 valence electrons. The minimum Gasteiger partial charge on any atom is -0.373 e. The third-order valence-electron chi connectivity index (χ3n) is 4.20. The largest absolute Gasteiger partial charge is 0.373 e. The van der Waals surface area contributed by atoms with E-state index >= 15 is 0 Å². The highest BCUT2D eigenvalue weighted by atomic mass is 35.5. The smallest absolute Gasteiger partial charge is 0.256 e. The first-order chi connectivity index (χ1) is 12.0. The van der Waals surface area contributed by atoms with Crippen LogP contribution in [0.15, 0.2) is 48.7 Å². The lowest BCUT2D eigenvalue weighted by molar-refractivity contribution is -0.121. The van der Waals surface area contributed by atoms with E-state index in [4.69, 9.17) is 23.2 Å². The monoisotopic (exact) mass is 373 g/mol. The van der Waals surface area contributed by atoms with Crippen LogP contribution in [0.3, 0.4) is 0 Å². The minimum absolute atomic E-state index is 0.0852. The number of nitrogens with zero attached hydrogens (tertiary/aromatic N) is 1. The van der Waals surface area contributed by atoms with Crippen LogP contribution in [0.4, 0.5) is 11.4 Å². The molecule has 1 unspecified atom stereocenters. The zero-order valence-corrected chi connectivity index (χ0v) is 14.4. The van der Waals surface area contributed by atoms with Gasteiger partial charge in [0.25, 0.3) is 5.91 Å². The lowest BCUT2D eigenvalue weighted by Gasteiger charge is -2.16. The molecule has 1 aromatic heterocycles. The van der Waals surface area contributed by atoms with E-state index in [0.29, 0.717) is 15.7 Å². The average molecular weight is 374 g/mol. The van der Waals surface area contributed by atoms with Gasteiger partial charge in [-0.1, -0.05) is 29.3 Å². The van der Waals surface area contributed by atoms with Crippen molar-refractivity contribution < 1.29 is 9.59 Å². The van der Waals surface area contributed by atoms with Crippen LogP contribution in [0, 0.1) is 0 Å². The molecule has 1 saturated heterocycles. The Morgan fingerprint density at radius 1 is 1.04 bits per heavy atom.